The van der Waals surface area contributed by atoms with Crippen LogP contribution in [0.3, 0.4) is 0 Å². The van der Waals surface area contributed by atoms with Crippen molar-refractivity contribution in [1.29, 1.82) is 0 Å². The summed E-state index contributed by atoms with van der Waals surface area (Å²) in [6.45, 7) is 5.67. The number of hydrogen-bond donors (Lipinski definition) is 1. The molecule has 6 rings (SSSR count). The van der Waals surface area contributed by atoms with Crippen molar-refractivity contribution in [2.24, 2.45) is 0 Å². The van der Waals surface area contributed by atoms with Crippen molar-refractivity contribution in [3.63, 3.8) is 0 Å². The number of aliphatic hydroxyl groups is 1. The number of benzene rings is 2. The molecule has 44 heavy (non-hydrogen) atoms. The van der Waals surface area contributed by atoms with E-state index in [0.29, 0.717) is 35.0 Å². The lowest BCUT2D eigenvalue weighted by Gasteiger charge is -2.23. The van der Waals surface area contributed by atoms with Crippen molar-refractivity contribution in [2.45, 2.75) is 33.4 Å². The number of thiazole rings is 1. The van der Waals surface area contributed by atoms with E-state index >= 15 is 0 Å². The lowest BCUT2D eigenvalue weighted by Crippen LogP contribution is -2.29. The monoisotopic (exact) mass is 608 g/mol. The number of ketones is 1. The van der Waals surface area contributed by atoms with Gasteiger partial charge in [0.15, 0.2) is 10.9 Å². The predicted molar refractivity (Wildman–Crippen MR) is 165 cm³/mol. The number of carbonyl (C=O) groups excluding carboxylic acids is 3. The molecule has 3 aromatic heterocycles. The largest absolute Gasteiger partial charge is 0.505 e. The molecular formula is C33H28N4O6S. The van der Waals surface area contributed by atoms with E-state index in [1.165, 1.54) is 12.0 Å². The standard InChI is InChI=1S/C33H28N4O6S/c1-18-9-8-16-36-20(3)25(35-30(18)36)27(38)24-26(22-12-14-23(15-13-22)43-17-21-10-6-5-7-11-21)37(31(40)28(24)39)33-34-19(2)29(44-33)32(41)42-4/h5-16,26,38H,17H2,1-4H3/b27-24+. The zero-order chi connectivity index (χ0) is 31.1. The third-order valence-electron chi connectivity index (χ3n) is 7.56. The zero-order valence-electron chi connectivity index (χ0n) is 24.4. The van der Waals surface area contributed by atoms with Crippen LogP contribution < -0.4 is 9.64 Å². The van der Waals surface area contributed by atoms with Gasteiger partial charge in [0.1, 0.15) is 28.6 Å². The van der Waals surface area contributed by atoms with Crippen molar-refractivity contribution in [3.05, 3.63) is 117 Å². The molecule has 1 aliphatic heterocycles. The van der Waals surface area contributed by atoms with Gasteiger partial charge in [-0.1, -0.05) is 59.9 Å². The summed E-state index contributed by atoms with van der Waals surface area (Å²) in [4.78, 5) is 50.3. The van der Waals surface area contributed by atoms with Crippen LogP contribution in [-0.4, -0.2) is 44.2 Å². The van der Waals surface area contributed by atoms with Gasteiger partial charge >= 0.3 is 11.9 Å². The van der Waals surface area contributed by atoms with E-state index < -0.39 is 29.5 Å². The van der Waals surface area contributed by atoms with Crippen LogP contribution in [0.15, 0.2) is 78.5 Å². The van der Waals surface area contributed by atoms with Gasteiger partial charge < -0.3 is 19.0 Å². The molecular weight excluding hydrogens is 580 g/mol. The normalized spacial score (nSPS) is 16.1. The van der Waals surface area contributed by atoms with Crippen LogP contribution in [0.4, 0.5) is 5.13 Å². The molecule has 1 unspecified atom stereocenters. The third-order valence-corrected chi connectivity index (χ3v) is 8.70. The quantitative estimate of drug-likeness (QED) is 0.108. The molecule has 1 amide bonds. The Kier molecular flexibility index (Phi) is 7.48. The number of nitrogens with zero attached hydrogens (tertiary/aromatic N) is 4. The summed E-state index contributed by atoms with van der Waals surface area (Å²) in [5.41, 5.74) is 4.05. The first-order valence-corrected chi connectivity index (χ1v) is 14.6. The van der Waals surface area contributed by atoms with Crippen molar-refractivity contribution in [1.82, 2.24) is 14.4 Å². The highest BCUT2D eigenvalue weighted by molar-refractivity contribution is 7.17. The van der Waals surface area contributed by atoms with Crippen LogP contribution in [0.25, 0.3) is 11.4 Å². The zero-order valence-corrected chi connectivity index (χ0v) is 25.2. The number of ether oxygens (including phenoxy) is 2. The molecule has 5 aromatic rings. The van der Waals surface area contributed by atoms with Crippen LogP contribution in [0.1, 0.15) is 49.5 Å². The highest BCUT2D eigenvalue weighted by atomic mass is 32.1. The Balaban J connectivity index is 1.47. The van der Waals surface area contributed by atoms with E-state index in [4.69, 9.17) is 9.47 Å². The van der Waals surface area contributed by atoms with Crippen LogP contribution in [0.2, 0.25) is 0 Å². The summed E-state index contributed by atoms with van der Waals surface area (Å²) in [5.74, 6) is -2.20. The molecule has 0 spiro atoms. The molecule has 1 saturated heterocycles. The summed E-state index contributed by atoms with van der Waals surface area (Å²) in [7, 11) is 1.26. The van der Waals surface area contributed by atoms with Gasteiger partial charge in [-0.05, 0) is 55.7 Å². The van der Waals surface area contributed by atoms with Gasteiger partial charge in [-0.3, -0.25) is 14.5 Å². The molecule has 10 nitrogen and oxygen atoms in total. The second-order valence-corrected chi connectivity index (χ2v) is 11.3. The molecule has 0 saturated carbocycles. The summed E-state index contributed by atoms with van der Waals surface area (Å²) < 4.78 is 12.6. The summed E-state index contributed by atoms with van der Waals surface area (Å²) in [6, 6.07) is 19.4. The summed E-state index contributed by atoms with van der Waals surface area (Å²) >= 11 is 0.940. The fourth-order valence-corrected chi connectivity index (χ4v) is 6.29. The second-order valence-electron chi connectivity index (χ2n) is 10.3. The number of amides is 1. The average Bonchev–Trinajstić information content (AvgIpc) is 3.67. The predicted octanol–water partition coefficient (Wildman–Crippen LogP) is 5.71. The maximum absolute atomic E-state index is 13.7. The molecule has 2 aromatic carbocycles. The SMILES string of the molecule is COC(=O)c1sc(N2C(=O)C(=O)/C(=C(/O)c3nc4c(C)cccn4c3C)C2c2ccc(OCc3ccccc3)cc2)nc1C. The molecule has 0 bridgehead atoms. The smallest absolute Gasteiger partial charge is 0.350 e. The molecule has 1 atom stereocenters. The lowest BCUT2D eigenvalue weighted by atomic mass is 9.96. The number of hydrogen-bond acceptors (Lipinski definition) is 9. The van der Waals surface area contributed by atoms with E-state index in [-0.39, 0.29) is 21.3 Å². The Hall–Kier alpha value is -5.29. The number of pyridine rings is 1. The highest BCUT2D eigenvalue weighted by Gasteiger charge is 2.49. The molecule has 0 radical (unpaired) electrons. The molecule has 4 heterocycles. The molecule has 1 N–H and O–H groups in total. The van der Waals surface area contributed by atoms with E-state index in [0.717, 1.165) is 22.5 Å². The van der Waals surface area contributed by atoms with Gasteiger partial charge in [-0.25, -0.2) is 14.8 Å². The van der Waals surface area contributed by atoms with Crippen LogP contribution in [-0.2, 0) is 20.9 Å². The van der Waals surface area contributed by atoms with Gasteiger partial charge in [0.25, 0.3) is 5.78 Å². The highest BCUT2D eigenvalue weighted by Crippen LogP contribution is 2.44. The minimum atomic E-state index is -1.06. The first-order chi connectivity index (χ1) is 21.2. The fourth-order valence-electron chi connectivity index (χ4n) is 5.27. The molecule has 0 aliphatic carbocycles. The van der Waals surface area contributed by atoms with Crippen molar-refractivity contribution < 1.29 is 29.0 Å². The fraction of sp³-hybridized carbons (Fsp3) is 0.182. The van der Waals surface area contributed by atoms with Crippen LogP contribution >= 0.6 is 11.3 Å². The number of esters is 1. The van der Waals surface area contributed by atoms with Crippen molar-refractivity contribution in [3.8, 4) is 5.75 Å². The van der Waals surface area contributed by atoms with Crippen LogP contribution in [0.5, 0.6) is 5.75 Å². The van der Waals surface area contributed by atoms with E-state index in [2.05, 4.69) is 9.97 Å². The number of methoxy groups -OCH3 is 1. The number of carbonyl (C=O) groups is 3. The molecule has 1 fully saturated rings. The van der Waals surface area contributed by atoms with E-state index in [9.17, 15) is 19.5 Å². The number of fused-ring (bicyclic) bond motifs is 1. The van der Waals surface area contributed by atoms with Gasteiger partial charge in [0.05, 0.1) is 30.1 Å². The Morgan fingerprint density at radius 1 is 0.977 bits per heavy atom. The second kappa shape index (κ2) is 11.4. The van der Waals surface area contributed by atoms with Crippen molar-refractivity contribution >= 4 is 45.5 Å². The maximum atomic E-state index is 13.7. The van der Waals surface area contributed by atoms with Gasteiger partial charge in [-0.2, -0.15) is 0 Å². The van der Waals surface area contributed by atoms with Crippen LogP contribution in [0, 0.1) is 20.8 Å². The first-order valence-electron chi connectivity index (χ1n) is 13.8. The minimum Gasteiger partial charge on any atom is -0.505 e. The Morgan fingerprint density at radius 3 is 2.39 bits per heavy atom. The van der Waals surface area contributed by atoms with Gasteiger partial charge in [0.2, 0.25) is 0 Å². The number of anilines is 1. The number of aliphatic hydroxyl groups excluding tert-OH is 1. The van der Waals surface area contributed by atoms with Crippen molar-refractivity contribution in [2.75, 3.05) is 12.0 Å². The Labute approximate surface area is 256 Å². The van der Waals surface area contributed by atoms with E-state index in [1.54, 1.807) is 38.1 Å². The number of aryl methyl sites for hydroxylation is 3. The Morgan fingerprint density at radius 2 is 1.70 bits per heavy atom. The lowest BCUT2D eigenvalue weighted by molar-refractivity contribution is -0.132. The average molecular weight is 609 g/mol. The number of imidazole rings is 1. The number of rotatable bonds is 7. The van der Waals surface area contributed by atoms with Gasteiger partial charge in [0, 0.05) is 6.20 Å². The summed E-state index contributed by atoms with van der Waals surface area (Å²) in [6.07, 6.45) is 1.82. The maximum Gasteiger partial charge on any atom is 0.350 e. The topological polar surface area (TPSA) is 123 Å². The third kappa shape index (κ3) is 4.90. The number of aromatic nitrogens is 3. The summed E-state index contributed by atoms with van der Waals surface area (Å²) in [5, 5.41) is 11.8. The van der Waals surface area contributed by atoms with Gasteiger partial charge in [-0.15, -0.1) is 0 Å². The molecule has 1 aliphatic rings. The van der Waals surface area contributed by atoms with E-state index in [1.807, 2.05) is 60.0 Å². The Bertz CT molecular complexity index is 1960. The molecule has 11 heteroatoms. The number of Topliss-reactive ketones (excluding diaryl/α,β-unsaturated/α-hetero) is 1. The first kappa shape index (κ1) is 28.8. The minimum absolute atomic E-state index is 0.126. The molecule has 222 valence electrons.